The van der Waals surface area contributed by atoms with Crippen molar-refractivity contribution in [2.45, 2.75) is 58.0 Å². The summed E-state index contributed by atoms with van der Waals surface area (Å²) in [7, 11) is 0. The van der Waals surface area contributed by atoms with E-state index in [2.05, 4.69) is 10.6 Å². The van der Waals surface area contributed by atoms with Crippen LogP contribution >= 0.6 is 0 Å². The lowest BCUT2D eigenvalue weighted by Crippen LogP contribution is -2.52. The average molecular weight is 299 g/mol. The number of rotatable bonds is 6. The summed E-state index contributed by atoms with van der Waals surface area (Å²) in [6.07, 6.45) is 2.36. The standard InChI is InChI=1S/C14H25N3O4/c1-8(2)7-11(12(15)18)16-13(19)9-5-3-4-6-10(9)17-14(20)21/h8-11,17H,3-7H2,1-2H3,(H2,15,18)(H,16,19)(H,20,21). The van der Waals surface area contributed by atoms with Gasteiger partial charge in [0.2, 0.25) is 11.8 Å². The van der Waals surface area contributed by atoms with Crippen LogP contribution in [0.25, 0.3) is 0 Å². The molecule has 7 heteroatoms. The van der Waals surface area contributed by atoms with E-state index < -0.39 is 30.0 Å². The van der Waals surface area contributed by atoms with Gasteiger partial charge in [-0.1, -0.05) is 26.7 Å². The molecule has 120 valence electrons. The average Bonchev–Trinajstić information content (AvgIpc) is 2.37. The molecular weight excluding hydrogens is 274 g/mol. The zero-order valence-electron chi connectivity index (χ0n) is 12.6. The Hall–Kier alpha value is -1.79. The molecule has 1 fully saturated rings. The normalized spacial score (nSPS) is 23.4. The van der Waals surface area contributed by atoms with E-state index in [0.29, 0.717) is 19.3 Å². The molecule has 21 heavy (non-hydrogen) atoms. The molecule has 1 aliphatic carbocycles. The number of hydrogen-bond donors (Lipinski definition) is 4. The van der Waals surface area contributed by atoms with Crippen molar-refractivity contribution in [1.82, 2.24) is 10.6 Å². The van der Waals surface area contributed by atoms with E-state index in [1.54, 1.807) is 0 Å². The predicted molar refractivity (Wildman–Crippen MR) is 77.5 cm³/mol. The van der Waals surface area contributed by atoms with Crippen LogP contribution < -0.4 is 16.4 Å². The molecule has 0 aromatic rings. The third kappa shape index (κ3) is 5.61. The van der Waals surface area contributed by atoms with Crippen molar-refractivity contribution in [3.63, 3.8) is 0 Å². The number of nitrogens with two attached hydrogens (primary N) is 1. The van der Waals surface area contributed by atoms with Crippen LogP contribution in [-0.4, -0.2) is 35.1 Å². The third-order valence-corrected chi connectivity index (χ3v) is 3.78. The van der Waals surface area contributed by atoms with Crippen LogP contribution in [0.2, 0.25) is 0 Å². The molecular formula is C14H25N3O4. The highest BCUT2D eigenvalue weighted by Crippen LogP contribution is 2.25. The van der Waals surface area contributed by atoms with E-state index in [4.69, 9.17) is 10.8 Å². The van der Waals surface area contributed by atoms with Crippen molar-refractivity contribution >= 4 is 17.9 Å². The fraction of sp³-hybridized carbons (Fsp3) is 0.786. The minimum Gasteiger partial charge on any atom is -0.465 e. The fourth-order valence-electron chi connectivity index (χ4n) is 2.77. The van der Waals surface area contributed by atoms with Crippen LogP contribution in [0.1, 0.15) is 46.0 Å². The summed E-state index contributed by atoms with van der Waals surface area (Å²) in [5.41, 5.74) is 5.31. The largest absolute Gasteiger partial charge is 0.465 e. The lowest BCUT2D eigenvalue weighted by Gasteiger charge is -2.31. The summed E-state index contributed by atoms with van der Waals surface area (Å²) in [4.78, 5) is 34.5. The van der Waals surface area contributed by atoms with E-state index >= 15 is 0 Å². The molecule has 0 aliphatic heterocycles. The minimum atomic E-state index is -1.13. The molecule has 0 saturated heterocycles. The second-order valence-electron chi connectivity index (χ2n) is 6.04. The number of carbonyl (C=O) groups is 3. The zero-order chi connectivity index (χ0) is 16.0. The van der Waals surface area contributed by atoms with Crippen molar-refractivity contribution in [2.75, 3.05) is 0 Å². The molecule has 3 unspecified atom stereocenters. The van der Waals surface area contributed by atoms with Crippen LogP contribution in [0.3, 0.4) is 0 Å². The summed E-state index contributed by atoms with van der Waals surface area (Å²) in [5.74, 6) is -1.07. The first-order valence-corrected chi connectivity index (χ1v) is 7.40. The molecule has 1 saturated carbocycles. The molecule has 0 radical (unpaired) electrons. The van der Waals surface area contributed by atoms with E-state index in [1.807, 2.05) is 13.8 Å². The fourth-order valence-corrected chi connectivity index (χ4v) is 2.77. The number of carboxylic acid groups (broad SMARTS) is 1. The maximum Gasteiger partial charge on any atom is 0.404 e. The Balaban J connectivity index is 2.69. The van der Waals surface area contributed by atoms with E-state index in [0.717, 1.165) is 12.8 Å². The molecule has 0 aromatic heterocycles. The Labute approximate surface area is 124 Å². The van der Waals surface area contributed by atoms with Gasteiger partial charge in [0.25, 0.3) is 0 Å². The second-order valence-corrected chi connectivity index (χ2v) is 6.04. The third-order valence-electron chi connectivity index (χ3n) is 3.78. The van der Waals surface area contributed by atoms with Gasteiger partial charge in [-0.15, -0.1) is 0 Å². The molecule has 0 aromatic carbocycles. The van der Waals surface area contributed by atoms with Gasteiger partial charge < -0.3 is 21.5 Å². The maximum atomic E-state index is 12.3. The Morgan fingerprint density at radius 1 is 1.24 bits per heavy atom. The van der Waals surface area contributed by atoms with Crippen LogP contribution in [0.15, 0.2) is 0 Å². The van der Waals surface area contributed by atoms with Gasteiger partial charge in [0, 0.05) is 6.04 Å². The van der Waals surface area contributed by atoms with Gasteiger partial charge in [-0.3, -0.25) is 9.59 Å². The number of carbonyl (C=O) groups excluding carboxylic acids is 2. The number of hydrogen-bond acceptors (Lipinski definition) is 3. The van der Waals surface area contributed by atoms with Gasteiger partial charge in [0.05, 0.1) is 5.92 Å². The first-order valence-electron chi connectivity index (χ1n) is 7.40. The van der Waals surface area contributed by atoms with Crippen LogP contribution in [0.5, 0.6) is 0 Å². The van der Waals surface area contributed by atoms with Crippen molar-refractivity contribution in [3.05, 3.63) is 0 Å². The lowest BCUT2D eigenvalue weighted by atomic mass is 9.83. The second kappa shape index (κ2) is 7.85. The molecule has 0 spiro atoms. The van der Waals surface area contributed by atoms with E-state index in [-0.39, 0.29) is 11.8 Å². The monoisotopic (exact) mass is 299 g/mol. The van der Waals surface area contributed by atoms with Gasteiger partial charge >= 0.3 is 6.09 Å². The van der Waals surface area contributed by atoms with E-state index in [9.17, 15) is 14.4 Å². The summed E-state index contributed by atoms with van der Waals surface area (Å²) < 4.78 is 0. The summed E-state index contributed by atoms with van der Waals surface area (Å²) in [6, 6.07) is -1.10. The first kappa shape index (κ1) is 17.3. The number of nitrogens with one attached hydrogen (secondary N) is 2. The van der Waals surface area contributed by atoms with Crippen molar-refractivity contribution in [3.8, 4) is 0 Å². The Morgan fingerprint density at radius 3 is 2.38 bits per heavy atom. The van der Waals surface area contributed by atoms with Gasteiger partial charge in [-0.2, -0.15) is 0 Å². The Bertz CT molecular complexity index is 398. The molecule has 7 nitrogen and oxygen atoms in total. The van der Waals surface area contributed by atoms with Crippen molar-refractivity contribution in [1.29, 1.82) is 0 Å². The minimum absolute atomic E-state index is 0.224. The Morgan fingerprint density at radius 2 is 1.86 bits per heavy atom. The smallest absolute Gasteiger partial charge is 0.404 e. The molecule has 3 amide bonds. The van der Waals surface area contributed by atoms with Crippen molar-refractivity contribution in [2.24, 2.45) is 17.6 Å². The predicted octanol–water partition coefficient (Wildman–Crippen LogP) is 0.829. The number of amides is 3. The molecule has 1 aliphatic rings. The maximum absolute atomic E-state index is 12.3. The van der Waals surface area contributed by atoms with Gasteiger partial charge in [0.15, 0.2) is 0 Å². The Kier molecular flexibility index (Phi) is 6.45. The topological polar surface area (TPSA) is 122 Å². The highest BCUT2D eigenvalue weighted by molar-refractivity contribution is 5.88. The quantitative estimate of drug-likeness (QED) is 0.580. The number of primary amides is 1. The van der Waals surface area contributed by atoms with Crippen LogP contribution in [-0.2, 0) is 9.59 Å². The lowest BCUT2D eigenvalue weighted by molar-refractivity contribution is -0.131. The van der Waals surface area contributed by atoms with Gasteiger partial charge in [0.1, 0.15) is 6.04 Å². The SMILES string of the molecule is CC(C)CC(NC(=O)C1CCCCC1NC(=O)O)C(N)=O. The van der Waals surface area contributed by atoms with E-state index in [1.165, 1.54) is 0 Å². The van der Waals surface area contributed by atoms with Crippen molar-refractivity contribution < 1.29 is 19.5 Å². The first-order chi connectivity index (χ1) is 9.81. The summed E-state index contributed by atoms with van der Waals surface area (Å²) >= 11 is 0. The molecule has 1 rings (SSSR count). The van der Waals surface area contributed by atoms with Crippen LogP contribution in [0.4, 0.5) is 4.79 Å². The summed E-state index contributed by atoms with van der Waals surface area (Å²) in [6.45, 7) is 3.88. The highest BCUT2D eigenvalue weighted by atomic mass is 16.4. The summed E-state index contributed by atoms with van der Waals surface area (Å²) in [5, 5.41) is 13.9. The molecule has 3 atom stereocenters. The van der Waals surface area contributed by atoms with Gasteiger partial charge in [-0.25, -0.2) is 4.79 Å². The molecule has 5 N–H and O–H groups in total. The zero-order valence-corrected chi connectivity index (χ0v) is 12.6. The molecule has 0 bridgehead atoms. The highest BCUT2D eigenvalue weighted by Gasteiger charge is 2.33. The van der Waals surface area contributed by atoms with Crippen LogP contribution in [0, 0.1) is 11.8 Å². The molecule has 0 heterocycles. The van der Waals surface area contributed by atoms with Gasteiger partial charge in [-0.05, 0) is 25.2 Å².